The molecule has 0 saturated carbocycles. The van der Waals surface area contributed by atoms with Crippen molar-refractivity contribution in [3.63, 3.8) is 0 Å². The van der Waals surface area contributed by atoms with E-state index in [1.807, 2.05) is 20.8 Å². The summed E-state index contributed by atoms with van der Waals surface area (Å²) < 4.78 is 9.64. The highest BCUT2D eigenvalue weighted by Crippen LogP contribution is 2.30. The summed E-state index contributed by atoms with van der Waals surface area (Å²) in [7, 11) is 2.79. The lowest BCUT2D eigenvalue weighted by Gasteiger charge is -2.33. The van der Waals surface area contributed by atoms with Gasteiger partial charge in [-0.25, -0.2) is 10.7 Å². The van der Waals surface area contributed by atoms with Crippen LogP contribution in [0, 0.1) is 5.41 Å². The van der Waals surface area contributed by atoms with Crippen molar-refractivity contribution >= 4 is 5.97 Å². The SMILES string of the molecule is COC[C@@](CC(C)(C)C)(ON)C(=O)OC. The second-order valence-corrected chi connectivity index (χ2v) is 4.77. The van der Waals surface area contributed by atoms with Crippen molar-refractivity contribution < 1.29 is 19.1 Å². The zero-order chi connectivity index (χ0) is 12.1. The minimum atomic E-state index is -1.22. The summed E-state index contributed by atoms with van der Waals surface area (Å²) in [5.74, 6) is 4.68. The molecule has 0 aromatic heterocycles. The van der Waals surface area contributed by atoms with Crippen LogP contribution in [0.4, 0.5) is 0 Å². The number of esters is 1. The van der Waals surface area contributed by atoms with E-state index < -0.39 is 11.6 Å². The largest absolute Gasteiger partial charge is 0.467 e. The van der Waals surface area contributed by atoms with Crippen molar-refractivity contribution in [3.8, 4) is 0 Å². The Labute approximate surface area is 90.8 Å². The number of carbonyl (C=O) groups is 1. The zero-order valence-corrected chi connectivity index (χ0v) is 10.1. The van der Waals surface area contributed by atoms with Gasteiger partial charge in [-0.05, 0) is 11.8 Å². The lowest BCUT2D eigenvalue weighted by atomic mass is 9.82. The fourth-order valence-electron chi connectivity index (χ4n) is 1.58. The van der Waals surface area contributed by atoms with Crippen LogP contribution in [-0.4, -0.2) is 32.4 Å². The van der Waals surface area contributed by atoms with Gasteiger partial charge < -0.3 is 9.47 Å². The van der Waals surface area contributed by atoms with Gasteiger partial charge in [-0.3, -0.25) is 4.84 Å². The summed E-state index contributed by atoms with van der Waals surface area (Å²) in [6.45, 7) is 6.03. The van der Waals surface area contributed by atoms with Crippen LogP contribution in [0.15, 0.2) is 0 Å². The number of hydrogen-bond donors (Lipinski definition) is 1. The van der Waals surface area contributed by atoms with Gasteiger partial charge in [0.1, 0.15) is 0 Å². The molecule has 0 aromatic carbocycles. The summed E-state index contributed by atoms with van der Waals surface area (Å²) in [5.41, 5.74) is -1.34. The second-order valence-electron chi connectivity index (χ2n) is 4.77. The normalized spacial score (nSPS) is 15.9. The first kappa shape index (κ1) is 14.3. The topological polar surface area (TPSA) is 70.8 Å². The molecule has 0 unspecified atom stereocenters. The van der Waals surface area contributed by atoms with Gasteiger partial charge in [-0.2, -0.15) is 0 Å². The van der Waals surface area contributed by atoms with E-state index in [2.05, 4.69) is 4.74 Å². The number of carbonyl (C=O) groups excluding carboxylic acids is 1. The van der Waals surface area contributed by atoms with Crippen LogP contribution in [0.3, 0.4) is 0 Å². The van der Waals surface area contributed by atoms with Crippen molar-refractivity contribution in [2.24, 2.45) is 11.3 Å². The molecule has 5 heteroatoms. The Hall–Kier alpha value is -0.650. The molecular formula is C10H21NO4. The first-order chi connectivity index (χ1) is 6.81. The van der Waals surface area contributed by atoms with Crippen LogP contribution in [0.1, 0.15) is 27.2 Å². The Morgan fingerprint density at radius 3 is 2.07 bits per heavy atom. The highest BCUT2D eigenvalue weighted by molar-refractivity contribution is 5.79. The highest BCUT2D eigenvalue weighted by atomic mass is 16.7. The van der Waals surface area contributed by atoms with E-state index in [9.17, 15) is 4.79 Å². The molecule has 0 bridgehead atoms. The van der Waals surface area contributed by atoms with E-state index in [1.54, 1.807) is 0 Å². The molecule has 0 radical (unpaired) electrons. The molecule has 90 valence electrons. The van der Waals surface area contributed by atoms with Gasteiger partial charge >= 0.3 is 5.97 Å². The van der Waals surface area contributed by atoms with Gasteiger partial charge in [0, 0.05) is 7.11 Å². The number of methoxy groups -OCH3 is 2. The van der Waals surface area contributed by atoms with Crippen molar-refractivity contribution in [1.29, 1.82) is 0 Å². The van der Waals surface area contributed by atoms with Crippen molar-refractivity contribution in [2.75, 3.05) is 20.8 Å². The smallest absolute Gasteiger partial charge is 0.342 e. The van der Waals surface area contributed by atoms with E-state index in [0.717, 1.165) is 0 Å². The average Bonchev–Trinajstić information content (AvgIpc) is 2.13. The maximum absolute atomic E-state index is 11.6. The van der Waals surface area contributed by atoms with Crippen LogP contribution >= 0.6 is 0 Å². The van der Waals surface area contributed by atoms with Gasteiger partial charge in [-0.15, -0.1) is 0 Å². The van der Waals surface area contributed by atoms with Crippen LogP contribution in [0.2, 0.25) is 0 Å². The minimum Gasteiger partial charge on any atom is -0.467 e. The zero-order valence-electron chi connectivity index (χ0n) is 10.1. The summed E-state index contributed by atoms with van der Waals surface area (Å²) in [6.07, 6.45) is 0.428. The predicted molar refractivity (Wildman–Crippen MR) is 56.0 cm³/mol. The lowest BCUT2D eigenvalue weighted by Crippen LogP contribution is -2.50. The van der Waals surface area contributed by atoms with Gasteiger partial charge in [0.25, 0.3) is 0 Å². The molecule has 0 saturated heterocycles. The van der Waals surface area contributed by atoms with Crippen molar-refractivity contribution in [1.82, 2.24) is 0 Å². The monoisotopic (exact) mass is 219 g/mol. The van der Waals surface area contributed by atoms with Crippen LogP contribution < -0.4 is 5.90 Å². The third-order valence-electron chi connectivity index (χ3n) is 1.98. The van der Waals surface area contributed by atoms with Gasteiger partial charge in [0.05, 0.1) is 13.7 Å². The van der Waals surface area contributed by atoms with Crippen molar-refractivity contribution in [3.05, 3.63) is 0 Å². The summed E-state index contributed by atoms with van der Waals surface area (Å²) in [6, 6.07) is 0. The Kier molecular flexibility index (Phi) is 5.20. The van der Waals surface area contributed by atoms with Crippen LogP contribution in [0.5, 0.6) is 0 Å². The van der Waals surface area contributed by atoms with Crippen LogP contribution in [-0.2, 0) is 19.1 Å². The first-order valence-corrected chi connectivity index (χ1v) is 4.76. The fraction of sp³-hybridized carbons (Fsp3) is 0.900. The molecule has 5 nitrogen and oxygen atoms in total. The molecule has 0 aromatic rings. The molecule has 0 heterocycles. The molecule has 0 amide bonds. The highest BCUT2D eigenvalue weighted by Gasteiger charge is 2.44. The molecule has 1 atom stereocenters. The Balaban J connectivity index is 4.89. The standard InChI is InChI=1S/C10H21NO4/c1-9(2,3)6-10(15-11,7-13-4)8(12)14-5/h6-7,11H2,1-5H3/t10-/m1/s1. The summed E-state index contributed by atoms with van der Waals surface area (Å²) in [5, 5.41) is 0. The quantitative estimate of drug-likeness (QED) is 0.549. The Bertz CT molecular complexity index is 212. The third kappa shape index (κ3) is 4.15. The number of rotatable bonds is 5. The van der Waals surface area contributed by atoms with Gasteiger partial charge in [0.15, 0.2) is 0 Å². The van der Waals surface area contributed by atoms with Crippen molar-refractivity contribution in [2.45, 2.75) is 32.8 Å². The molecule has 0 rings (SSSR count). The fourth-order valence-corrected chi connectivity index (χ4v) is 1.58. The summed E-state index contributed by atoms with van der Waals surface area (Å²) in [4.78, 5) is 16.4. The summed E-state index contributed by atoms with van der Waals surface area (Å²) >= 11 is 0. The number of ether oxygens (including phenoxy) is 2. The van der Waals surface area contributed by atoms with E-state index >= 15 is 0 Å². The molecule has 15 heavy (non-hydrogen) atoms. The van der Waals surface area contributed by atoms with Crippen LogP contribution in [0.25, 0.3) is 0 Å². The first-order valence-electron chi connectivity index (χ1n) is 4.76. The number of hydrogen-bond acceptors (Lipinski definition) is 5. The van der Waals surface area contributed by atoms with E-state index in [4.69, 9.17) is 15.5 Å². The molecule has 0 spiro atoms. The maximum atomic E-state index is 11.6. The third-order valence-corrected chi connectivity index (χ3v) is 1.98. The minimum absolute atomic E-state index is 0.0768. The van der Waals surface area contributed by atoms with E-state index in [1.165, 1.54) is 14.2 Å². The Morgan fingerprint density at radius 1 is 1.27 bits per heavy atom. The van der Waals surface area contributed by atoms with E-state index in [-0.39, 0.29) is 12.0 Å². The molecule has 0 aliphatic carbocycles. The predicted octanol–water partition coefficient (Wildman–Crippen LogP) is 0.871. The van der Waals surface area contributed by atoms with Gasteiger partial charge in [0.2, 0.25) is 5.60 Å². The van der Waals surface area contributed by atoms with Gasteiger partial charge in [-0.1, -0.05) is 20.8 Å². The molecule has 0 fully saturated rings. The molecule has 0 aliphatic heterocycles. The van der Waals surface area contributed by atoms with E-state index in [0.29, 0.717) is 6.42 Å². The number of nitrogens with two attached hydrogens (primary N) is 1. The maximum Gasteiger partial charge on any atom is 0.342 e. The average molecular weight is 219 g/mol. The second kappa shape index (κ2) is 5.44. The molecule has 0 aliphatic rings. The molecule has 2 N–H and O–H groups in total. The molecular weight excluding hydrogens is 198 g/mol. The Morgan fingerprint density at radius 2 is 1.80 bits per heavy atom. The lowest BCUT2D eigenvalue weighted by molar-refractivity contribution is -0.183.